The second-order valence-corrected chi connectivity index (χ2v) is 4.88. The molecule has 98 valence electrons. The number of para-hydroxylation sites is 2. The van der Waals surface area contributed by atoms with Gasteiger partial charge in [0.15, 0.2) is 0 Å². The highest BCUT2D eigenvalue weighted by atomic mass is 16.1. The molecule has 3 rings (SSSR count). The molecule has 0 saturated carbocycles. The number of benzene rings is 1. The molecule has 0 bridgehead atoms. The molecule has 1 aromatic carbocycles. The minimum absolute atomic E-state index is 0.135. The van der Waals surface area contributed by atoms with E-state index in [-0.39, 0.29) is 11.8 Å². The van der Waals surface area contributed by atoms with Crippen LogP contribution in [0.1, 0.15) is 18.7 Å². The van der Waals surface area contributed by atoms with Crippen molar-refractivity contribution >= 4 is 16.9 Å². The summed E-state index contributed by atoms with van der Waals surface area (Å²) in [4.78, 5) is 19.6. The van der Waals surface area contributed by atoms with Gasteiger partial charge in [-0.05, 0) is 25.0 Å². The van der Waals surface area contributed by atoms with Crippen LogP contribution in [0.5, 0.6) is 0 Å². The van der Waals surface area contributed by atoms with Crippen LogP contribution in [0.4, 0.5) is 0 Å². The van der Waals surface area contributed by atoms with Crippen molar-refractivity contribution in [3.63, 3.8) is 0 Å². The molecule has 2 N–H and O–H groups in total. The first-order valence-corrected chi connectivity index (χ1v) is 6.69. The summed E-state index contributed by atoms with van der Waals surface area (Å²) in [6.45, 7) is 0.634. The van der Waals surface area contributed by atoms with Crippen LogP contribution in [-0.4, -0.2) is 22.4 Å². The smallest absolute Gasteiger partial charge is 0.223 e. The Morgan fingerprint density at radius 2 is 2.11 bits per heavy atom. The van der Waals surface area contributed by atoms with Crippen LogP contribution in [0.2, 0.25) is 0 Å². The number of fused-ring (bicyclic) bond motifs is 1. The number of H-pyrrole nitrogens is 1. The molecule has 4 nitrogen and oxygen atoms in total. The summed E-state index contributed by atoms with van der Waals surface area (Å²) in [6.07, 6.45) is 6.63. The topological polar surface area (TPSA) is 57.8 Å². The molecule has 1 aromatic heterocycles. The minimum Gasteiger partial charge on any atom is -0.355 e. The number of imidazole rings is 1. The van der Waals surface area contributed by atoms with E-state index in [9.17, 15) is 4.79 Å². The fourth-order valence-electron chi connectivity index (χ4n) is 2.40. The summed E-state index contributed by atoms with van der Waals surface area (Å²) in [7, 11) is 0. The summed E-state index contributed by atoms with van der Waals surface area (Å²) in [6, 6.07) is 7.95. The number of rotatable bonds is 4. The molecule has 19 heavy (non-hydrogen) atoms. The number of amides is 1. The molecule has 0 atom stereocenters. The molecule has 0 radical (unpaired) electrons. The summed E-state index contributed by atoms with van der Waals surface area (Å²) in [5.74, 6) is 1.21. The molecule has 1 amide bonds. The van der Waals surface area contributed by atoms with Gasteiger partial charge >= 0.3 is 0 Å². The minimum atomic E-state index is 0.135. The van der Waals surface area contributed by atoms with E-state index in [1.54, 1.807) is 0 Å². The fraction of sp³-hybridized carbons (Fsp3) is 0.333. The van der Waals surface area contributed by atoms with Crippen LogP contribution in [0.15, 0.2) is 36.4 Å². The van der Waals surface area contributed by atoms with Crippen molar-refractivity contribution in [2.45, 2.75) is 19.3 Å². The van der Waals surface area contributed by atoms with Gasteiger partial charge in [0.25, 0.3) is 0 Å². The van der Waals surface area contributed by atoms with Gasteiger partial charge in [0.05, 0.1) is 11.0 Å². The number of hydrogen-bond donors (Lipinski definition) is 2. The summed E-state index contributed by atoms with van der Waals surface area (Å²) >= 11 is 0. The second-order valence-electron chi connectivity index (χ2n) is 4.88. The van der Waals surface area contributed by atoms with E-state index >= 15 is 0 Å². The maximum Gasteiger partial charge on any atom is 0.223 e. The van der Waals surface area contributed by atoms with Crippen LogP contribution in [0.25, 0.3) is 11.0 Å². The zero-order valence-corrected chi connectivity index (χ0v) is 10.7. The molecule has 4 heteroatoms. The maximum absolute atomic E-state index is 11.8. The Morgan fingerprint density at radius 3 is 2.89 bits per heavy atom. The Kier molecular flexibility index (Phi) is 3.31. The van der Waals surface area contributed by atoms with Crippen LogP contribution in [-0.2, 0) is 11.2 Å². The van der Waals surface area contributed by atoms with E-state index in [1.807, 2.05) is 24.3 Å². The van der Waals surface area contributed by atoms with Crippen molar-refractivity contribution in [3.05, 3.63) is 42.2 Å². The lowest BCUT2D eigenvalue weighted by Gasteiger charge is -2.09. The molecular formula is C15H17N3O. The lowest BCUT2D eigenvalue weighted by atomic mass is 10.1. The Balaban J connectivity index is 1.53. The van der Waals surface area contributed by atoms with E-state index < -0.39 is 0 Å². The lowest BCUT2D eigenvalue weighted by molar-refractivity contribution is -0.124. The molecular weight excluding hydrogens is 238 g/mol. The standard InChI is InChI=1S/C15H17N3O/c19-15(11-5-1-2-6-11)16-10-9-14-17-12-7-3-4-8-13(12)18-14/h1-4,7-8,11H,5-6,9-10H2,(H,16,19)(H,17,18). The summed E-state index contributed by atoms with van der Waals surface area (Å²) in [5.41, 5.74) is 2.02. The van der Waals surface area contributed by atoms with Crippen LogP contribution < -0.4 is 5.32 Å². The molecule has 0 aliphatic heterocycles. The van der Waals surface area contributed by atoms with E-state index in [1.165, 1.54) is 0 Å². The number of aromatic nitrogens is 2. The molecule has 0 unspecified atom stereocenters. The van der Waals surface area contributed by atoms with Crippen LogP contribution in [0, 0.1) is 5.92 Å². The molecule has 2 aromatic rings. The Bertz CT molecular complexity index is 574. The lowest BCUT2D eigenvalue weighted by Crippen LogP contribution is -2.31. The third-order valence-corrected chi connectivity index (χ3v) is 3.48. The third kappa shape index (κ3) is 2.67. The van der Waals surface area contributed by atoms with Gasteiger partial charge in [0.1, 0.15) is 5.82 Å². The second kappa shape index (κ2) is 5.26. The van der Waals surface area contributed by atoms with E-state index in [4.69, 9.17) is 0 Å². The van der Waals surface area contributed by atoms with Crippen LogP contribution >= 0.6 is 0 Å². The van der Waals surface area contributed by atoms with Crippen molar-refractivity contribution < 1.29 is 4.79 Å². The van der Waals surface area contributed by atoms with Gasteiger partial charge in [-0.15, -0.1) is 0 Å². The number of aromatic amines is 1. The van der Waals surface area contributed by atoms with Gasteiger partial charge in [-0.2, -0.15) is 0 Å². The highest BCUT2D eigenvalue weighted by Gasteiger charge is 2.18. The first-order valence-electron chi connectivity index (χ1n) is 6.69. The number of hydrogen-bond acceptors (Lipinski definition) is 2. The monoisotopic (exact) mass is 255 g/mol. The highest BCUT2D eigenvalue weighted by molar-refractivity contribution is 5.79. The highest BCUT2D eigenvalue weighted by Crippen LogP contribution is 2.17. The Morgan fingerprint density at radius 1 is 1.32 bits per heavy atom. The average molecular weight is 255 g/mol. The zero-order chi connectivity index (χ0) is 13.1. The number of carbonyl (C=O) groups is 1. The average Bonchev–Trinajstić information content (AvgIpc) is 3.07. The molecule has 1 aliphatic carbocycles. The predicted octanol–water partition coefficient (Wildman–Crippen LogP) is 2.19. The Hall–Kier alpha value is -2.10. The van der Waals surface area contributed by atoms with E-state index in [0.717, 1.165) is 36.1 Å². The van der Waals surface area contributed by atoms with Gasteiger partial charge in [-0.1, -0.05) is 24.3 Å². The number of allylic oxidation sites excluding steroid dienone is 2. The predicted molar refractivity (Wildman–Crippen MR) is 74.7 cm³/mol. The van der Waals surface area contributed by atoms with Crippen molar-refractivity contribution in [2.75, 3.05) is 6.54 Å². The van der Waals surface area contributed by atoms with Gasteiger partial charge in [0.2, 0.25) is 5.91 Å². The fourth-order valence-corrected chi connectivity index (χ4v) is 2.40. The van der Waals surface area contributed by atoms with E-state index in [2.05, 4.69) is 27.4 Å². The van der Waals surface area contributed by atoms with Crippen LogP contribution in [0.3, 0.4) is 0 Å². The van der Waals surface area contributed by atoms with Gasteiger partial charge in [-0.25, -0.2) is 4.98 Å². The first kappa shape index (κ1) is 12.0. The molecule has 1 aliphatic rings. The number of carbonyl (C=O) groups excluding carboxylic acids is 1. The Labute approximate surface area is 111 Å². The largest absolute Gasteiger partial charge is 0.355 e. The number of nitrogens with one attached hydrogen (secondary N) is 2. The molecule has 0 saturated heterocycles. The normalized spacial score (nSPS) is 15.2. The molecule has 0 spiro atoms. The van der Waals surface area contributed by atoms with Crippen molar-refractivity contribution in [3.8, 4) is 0 Å². The van der Waals surface area contributed by atoms with Gasteiger partial charge in [0, 0.05) is 18.9 Å². The third-order valence-electron chi connectivity index (χ3n) is 3.48. The van der Waals surface area contributed by atoms with E-state index in [0.29, 0.717) is 6.54 Å². The van der Waals surface area contributed by atoms with Gasteiger partial charge in [-0.3, -0.25) is 4.79 Å². The SMILES string of the molecule is O=C(NCCc1nc2ccccc2[nH]1)C1CC=CC1. The van der Waals surface area contributed by atoms with Gasteiger partial charge < -0.3 is 10.3 Å². The molecule has 1 heterocycles. The quantitative estimate of drug-likeness (QED) is 0.823. The van der Waals surface area contributed by atoms with Crippen molar-refractivity contribution in [2.24, 2.45) is 5.92 Å². The summed E-state index contributed by atoms with van der Waals surface area (Å²) in [5, 5.41) is 2.98. The number of nitrogens with zero attached hydrogens (tertiary/aromatic N) is 1. The molecule has 0 fully saturated rings. The first-order chi connectivity index (χ1) is 9.33. The maximum atomic E-state index is 11.8. The zero-order valence-electron chi connectivity index (χ0n) is 10.7. The van der Waals surface area contributed by atoms with Crippen molar-refractivity contribution in [1.82, 2.24) is 15.3 Å². The summed E-state index contributed by atoms with van der Waals surface area (Å²) < 4.78 is 0. The van der Waals surface area contributed by atoms with Crippen molar-refractivity contribution in [1.29, 1.82) is 0 Å².